The topological polar surface area (TPSA) is 57.5 Å². The van der Waals surface area contributed by atoms with Crippen LogP contribution in [0.4, 0.5) is 14.5 Å². The number of anilines is 1. The number of aliphatic imine (C=N–C) groups is 1. The molecule has 0 bridgehead atoms. The third-order valence-electron chi connectivity index (χ3n) is 4.78. The van der Waals surface area contributed by atoms with Crippen LogP contribution in [0.15, 0.2) is 35.6 Å². The molecule has 3 rings (SSSR count). The van der Waals surface area contributed by atoms with Gasteiger partial charge in [0.1, 0.15) is 17.5 Å². The lowest BCUT2D eigenvalue weighted by Crippen LogP contribution is -2.44. The summed E-state index contributed by atoms with van der Waals surface area (Å²) in [5, 5.41) is 6.68. The van der Waals surface area contributed by atoms with Crippen molar-refractivity contribution in [2.75, 3.05) is 25.0 Å². The van der Waals surface area contributed by atoms with E-state index in [2.05, 4.69) is 39.0 Å². The SMILES string of the molecule is CN=C(NCc1nccn1CC(C)C)NC1CCN(c2ccc(F)cc2F)C1. The smallest absolute Gasteiger partial charge is 0.191 e. The van der Waals surface area contributed by atoms with Crippen molar-refractivity contribution in [1.29, 1.82) is 0 Å². The number of halogens is 2. The number of benzene rings is 1. The molecule has 1 aliphatic heterocycles. The van der Waals surface area contributed by atoms with Gasteiger partial charge in [0.15, 0.2) is 5.96 Å². The van der Waals surface area contributed by atoms with E-state index in [1.165, 1.54) is 12.1 Å². The van der Waals surface area contributed by atoms with Crippen molar-refractivity contribution < 1.29 is 8.78 Å². The molecule has 1 saturated heterocycles. The molecule has 0 spiro atoms. The van der Waals surface area contributed by atoms with Gasteiger partial charge in [-0.2, -0.15) is 0 Å². The summed E-state index contributed by atoms with van der Waals surface area (Å²) in [7, 11) is 1.72. The predicted molar refractivity (Wildman–Crippen MR) is 107 cm³/mol. The van der Waals surface area contributed by atoms with E-state index in [0.29, 0.717) is 37.2 Å². The number of hydrogen-bond acceptors (Lipinski definition) is 3. The Morgan fingerprint density at radius 2 is 2.18 bits per heavy atom. The Morgan fingerprint density at radius 3 is 2.89 bits per heavy atom. The number of guanidine groups is 1. The van der Waals surface area contributed by atoms with Crippen LogP contribution in [0.5, 0.6) is 0 Å². The van der Waals surface area contributed by atoms with Gasteiger partial charge in [0.05, 0.1) is 12.2 Å². The molecule has 8 heteroatoms. The average Bonchev–Trinajstić information content (AvgIpc) is 3.27. The maximum Gasteiger partial charge on any atom is 0.191 e. The summed E-state index contributed by atoms with van der Waals surface area (Å²) in [6.45, 7) is 7.18. The van der Waals surface area contributed by atoms with Crippen LogP contribution >= 0.6 is 0 Å². The highest BCUT2D eigenvalue weighted by Crippen LogP contribution is 2.24. The Morgan fingerprint density at radius 1 is 1.36 bits per heavy atom. The quantitative estimate of drug-likeness (QED) is 0.588. The minimum absolute atomic E-state index is 0.131. The Bertz CT molecular complexity index is 817. The van der Waals surface area contributed by atoms with E-state index < -0.39 is 11.6 Å². The molecule has 2 aromatic rings. The maximum absolute atomic E-state index is 14.0. The van der Waals surface area contributed by atoms with Gasteiger partial charge in [-0.05, 0) is 24.5 Å². The number of nitrogens with zero attached hydrogens (tertiary/aromatic N) is 4. The summed E-state index contributed by atoms with van der Waals surface area (Å²) in [6.07, 6.45) is 4.64. The number of hydrogen-bond donors (Lipinski definition) is 2. The molecule has 2 heterocycles. The van der Waals surface area contributed by atoms with Crippen LogP contribution in [0.25, 0.3) is 0 Å². The third kappa shape index (κ3) is 4.99. The van der Waals surface area contributed by atoms with Gasteiger partial charge in [-0.3, -0.25) is 4.99 Å². The zero-order valence-corrected chi connectivity index (χ0v) is 16.6. The first kappa shape index (κ1) is 20.1. The van der Waals surface area contributed by atoms with Crippen LogP contribution in [-0.4, -0.2) is 41.7 Å². The zero-order valence-electron chi connectivity index (χ0n) is 16.6. The first-order chi connectivity index (χ1) is 13.5. The maximum atomic E-state index is 14.0. The highest BCUT2D eigenvalue weighted by Gasteiger charge is 2.25. The van der Waals surface area contributed by atoms with E-state index in [4.69, 9.17) is 0 Å². The van der Waals surface area contributed by atoms with Crippen LogP contribution in [-0.2, 0) is 13.1 Å². The molecule has 1 aliphatic rings. The summed E-state index contributed by atoms with van der Waals surface area (Å²) in [6, 6.07) is 3.84. The predicted octanol–water partition coefficient (Wildman–Crippen LogP) is 2.76. The Hall–Kier alpha value is -2.64. The molecule has 1 fully saturated rings. The number of nitrogens with one attached hydrogen (secondary N) is 2. The Balaban J connectivity index is 1.54. The van der Waals surface area contributed by atoms with Gasteiger partial charge in [0.25, 0.3) is 0 Å². The molecular weight excluding hydrogens is 362 g/mol. The zero-order chi connectivity index (χ0) is 20.1. The van der Waals surface area contributed by atoms with E-state index >= 15 is 0 Å². The molecule has 1 atom stereocenters. The molecule has 1 unspecified atom stereocenters. The highest BCUT2D eigenvalue weighted by atomic mass is 19.1. The van der Waals surface area contributed by atoms with Crippen molar-refractivity contribution in [1.82, 2.24) is 20.2 Å². The first-order valence-corrected chi connectivity index (χ1v) is 9.63. The Labute approximate surface area is 164 Å². The second-order valence-corrected chi connectivity index (χ2v) is 7.49. The minimum Gasteiger partial charge on any atom is -0.367 e. The molecule has 0 aliphatic carbocycles. The molecule has 152 valence electrons. The van der Waals surface area contributed by atoms with Gasteiger partial charge in [-0.25, -0.2) is 13.8 Å². The van der Waals surface area contributed by atoms with E-state index in [1.54, 1.807) is 7.05 Å². The molecule has 2 N–H and O–H groups in total. The molecule has 6 nitrogen and oxygen atoms in total. The third-order valence-corrected chi connectivity index (χ3v) is 4.78. The lowest BCUT2D eigenvalue weighted by atomic mass is 10.2. The lowest BCUT2D eigenvalue weighted by Gasteiger charge is -2.21. The van der Waals surface area contributed by atoms with E-state index in [1.807, 2.05) is 17.3 Å². The first-order valence-electron chi connectivity index (χ1n) is 9.63. The molecule has 0 saturated carbocycles. The van der Waals surface area contributed by atoms with E-state index in [9.17, 15) is 8.78 Å². The second kappa shape index (κ2) is 9.03. The monoisotopic (exact) mass is 390 g/mol. The van der Waals surface area contributed by atoms with Gasteiger partial charge >= 0.3 is 0 Å². The summed E-state index contributed by atoms with van der Waals surface area (Å²) in [4.78, 5) is 10.6. The molecule has 28 heavy (non-hydrogen) atoms. The van der Waals surface area contributed by atoms with Crippen LogP contribution in [0.3, 0.4) is 0 Å². The number of rotatable bonds is 6. The van der Waals surface area contributed by atoms with Gasteiger partial charge < -0.3 is 20.1 Å². The van der Waals surface area contributed by atoms with Gasteiger partial charge in [0.2, 0.25) is 0 Å². The fourth-order valence-electron chi connectivity index (χ4n) is 3.45. The van der Waals surface area contributed by atoms with Crippen molar-refractivity contribution in [2.45, 2.75) is 39.4 Å². The summed E-state index contributed by atoms with van der Waals surface area (Å²) in [5.74, 6) is 1.10. The average molecular weight is 390 g/mol. The van der Waals surface area contributed by atoms with E-state index in [0.717, 1.165) is 24.9 Å². The van der Waals surface area contributed by atoms with Gasteiger partial charge in [-0.1, -0.05) is 13.8 Å². The summed E-state index contributed by atoms with van der Waals surface area (Å²) >= 11 is 0. The van der Waals surface area contributed by atoms with Crippen molar-refractivity contribution in [2.24, 2.45) is 10.9 Å². The molecular formula is C20H28F2N6. The van der Waals surface area contributed by atoms with Crippen molar-refractivity contribution >= 4 is 11.6 Å². The van der Waals surface area contributed by atoms with Gasteiger partial charge in [0, 0.05) is 51.2 Å². The van der Waals surface area contributed by atoms with Crippen molar-refractivity contribution in [3.63, 3.8) is 0 Å². The molecule has 1 aromatic heterocycles. The molecule has 0 amide bonds. The van der Waals surface area contributed by atoms with Crippen LogP contribution in [0, 0.1) is 17.6 Å². The van der Waals surface area contributed by atoms with Crippen LogP contribution in [0.2, 0.25) is 0 Å². The molecule has 0 radical (unpaired) electrons. The lowest BCUT2D eigenvalue weighted by molar-refractivity contribution is 0.503. The van der Waals surface area contributed by atoms with Gasteiger partial charge in [-0.15, -0.1) is 0 Å². The fraction of sp³-hybridized carbons (Fsp3) is 0.500. The summed E-state index contributed by atoms with van der Waals surface area (Å²) in [5.41, 5.74) is 0.435. The standard InChI is InChI=1S/C20H28F2N6/c1-14(2)12-28-9-7-24-19(28)11-25-20(23-3)26-16-6-8-27(13-16)18-5-4-15(21)10-17(18)22/h4-5,7,9-10,14,16H,6,8,11-13H2,1-3H3,(H2,23,25,26). The summed E-state index contributed by atoms with van der Waals surface area (Å²) < 4.78 is 29.3. The Kier molecular flexibility index (Phi) is 6.49. The normalized spacial score (nSPS) is 17.4. The fourth-order valence-corrected chi connectivity index (χ4v) is 3.45. The highest BCUT2D eigenvalue weighted by molar-refractivity contribution is 5.80. The molecule has 1 aromatic carbocycles. The van der Waals surface area contributed by atoms with Crippen LogP contribution in [0.1, 0.15) is 26.1 Å². The van der Waals surface area contributed by atoms with Crippen LogP contribution < -0.4 is 15.5 Å². The minimum atomic E-state index is -0.560. The largest absolute Gasteiger partial charge is 0.367 e. The number of imidazole rings is 1. The van der Waals surface area contributed by atoms with Crippen molar-refractivity contribution in [3.05, 3.63) is 48.1 Å². The number of aromatic nitrogens is 2. The van der Waals surface area contributed by atoms with E-state index in [-0.39, 0.29) is 6.04 Å². The second-order valence-electron chi connectivity index (χ2n) is 7.49. The van der Waals surface area contributed by atoms with Crippen molar-refractivity contribution in [3.8, 4) is 0 Å².